The highest BCUT2D eigenvalue weighted by molar-refractivity contribution is 5.93. The normalized spacial score (nSPS) is 14.7. The topological polar surface area (TPSA) is 89.8 Å². The Hall–Kier alpha value is -3.22. The average Bonchev–Trinajstić information content (AvgIpc) is 3.21. The zero-order valence-electron chi connectivity index (χ0n) is 14.0. The number of nitrogens with zero attached hydrogens (tertiary/aromatic N) is 2. The molecule has 26 heavy (non-hydrogen) atoms. The van der Waals surface area contributed by atoms with Crippen molar-refractivity contribution in [2.45, 2.75) is 18.9 Å². The summed E-state index contributed by atoms with van der Waals surface area (Å²) in [4.78, 5) is 37.3. The van der Waals surface area contributed by atoms with Crippen LogP contribution in [0.2, 0.25) is 0 Å². The Morgan fingerprint density at radius 2 is 1.73 bits per heavy atom. The lowest BCUT2D eigenvalue weighted by Crippen LogP contribution is -2.34. The van der Waals surface area contributed by atoms with E-state index in [2.05, 4.69) is 0 Å². The zero-order chi connectivity index (χ0) is 18.5. The summed E-state index contributed by atoms with van der Waals surface area (Å²) in [6, 6.07) is 14.1. The number of rotatable bonds is 5. The lowest BCUT2D eigenvalue weighted by molar-refractivity contribution is -0.384. The van der Waals surface area contributed by atoms with Crippen molar-refractivity contribution in [2.24, 2.45) is 0 Å². The summed E-state index contributed by atoms with van der Waals surface area (Å²) in [6.07, 6.45) is 0.777. The van der Waals surface area contributed by atoms with Gasteiger partial charge in [-0.05, 0) is 18.9 Å². The molecule has 2 aromatic rings. The molecular formula is C19H18N2O5. The van der Waals surface area contributed by atoms with E-state index in [9.17, 15) is 19.7 Å². The molecule has 0 aromatic heterocycles. The summed E-state index contributed by atoms with van der Waals surface area (Å²) in [6.45, 7) is 1.27. The van der Waals surface area contributed by atoms with Gasteiger partial charge in [-0.1, -0.05) is 36.4 Å². The van der Waals surface area contributed by atoms with E-state index in [1.54, 1.807) is 29.2 Å². The molecule has 3 rings (SSSR count). The van der Waals surface area contributed by atoms with Crippen LogP contribution in [0.5, 0.6) is 0 Å². The van der Waals surface area contributed by atoms with E-state index in [0.717, 1.165) is 18.9 Å². The molecule has 2 aromatic carbocycles. The average molecular weight is 354 g/mol. The first-order valence-corrected chi connectivity index (χ1v) is 8.35. The number of likely N-dealkylation sites (tertiary alicyclic amines) is 1. The van der Waals surface area contributed by atoms with Gasteiger partial charge in [0, 0.05) is 30.8 Å². The second-order valence-corrected chi connectivity index (χ2v) is 6.04. The molecule has 0 bridgehead atoms. The summed E-state index contributed by atoms with van der Waals surface area (Å²) in [5.41, 5.74) is 0.402. The minimum Gasteiger partial charge on any atom is -0.444 e. The molecule has 0 N–H and O–H groups in total. The fourth-order valence-corrected chi connectivity index (χ4v) is 2.91. The Kier molecular flexibility index (Phi) is 5.26. The predicted octanol–water partition coefficient (Wildman–Crippen LogP) is 3.12. The monoisotopic (exact) mass is 354 g/mol. The molecule has 1 aliphatic rings. The van der Waals surface area contributed by atoms with Crippen LogP contribution in [0, 0.1) is 10.1 Å². The molecule has 0 radical (unpaired) electrons. The van der Waals surface area contributed by atoms with E-state index in [-0.39, 0.29) is 17.2 Å². The number of ether oxygens (including phenoxy) is 1. The number of amides is 1. The summed E-state index contributed by atoms with van der Waals surface area (Å²) in [7, 11) is 0. The number of esters is 1. The molecule has 134 valence electrons. The third kappa shape index (κ3) is 3.88. The van der Waals surface area contributed by atoms with E-state index >= 15 is 0 Å². The minimum atomic E-state index is -1.07. The van der Waals surface area contributed by atoms with Crippen molar-refractivity contribution in [1.29, 1.82) is 0 Å². The van der Waals surface area contributed by atoms with Gasteiger partial charge in [0.05, 0.1) is 10.5 Å². The van der Waals surface area contributed by atoms with Gasteiger partial charge in [0.1, 0.15) is 0 Å². The van der Waals surface area contributed by atoms with Crippen LogP contribution < -0.4 is 0 Å². The number of carbonyl (C=O) groups excluding carboxylic acids is 2. The van der Waals surface area contributed by atoms with Crippen LogP contribution in [0.3, 0.4) is 0 Å². The number of carbonyl (C=O) groups is 2. The van der Waals surface area contributed by atoms with Crippen molar-refractivity contribution in [3.8, 4) is 0 Å². The molecule has 1 amide bonds. The highest BCUT2D eigenvalue weighted by Gasteiger charge is 2.31. The first-order valence-electron chi connectivity index (χ1n) is 8.35. The van der Waals surface area contributed by atoms with Crippen molar-refractivity contribution >= 4 is 17.6 Å². The van der Waals surface area contributed by atoms with Crippen LogP contribution in [-0.4, -0.2) is 34.8 Å². The van der Waals surface area contributed by atoms with Crippen LogP contribution >= 0.6 is 0 Å². The van der Waals surface area contributed by atoms with Crippen molar-refractivity contribution in [3.05, 3.63) is 75.8 Å². The molecule has 1 aliphatic heterocycles. The predicted molar refractivity (Wildman–Crippen MR) is 93.5 cm³/mol. The maximum atomic E-state index is 12.8. The lowest BCUT2D eigenvalue weighted by Gasteiger charge is -2.23. The molecule has 0 unspecified atom stereocenters. The molecule has 0 saturated carbocycles. The van der Waals surface area contributed by atoms with E-state index in [1.165, 1.54) is 18.2 Å². The highest BCUT2D eigenvalue weighted by Crippen LogP contribution is 2.25. The number of non-ortho nitro benzene ring substituents is 1. The van der Waals surface area contributed by atoms with E-state index in [4.69, 9.17) is 4.74 Å². The number of benzene rings is 2. The number of nitro benzene ring substituents is 1. The van der Waals surface area contributed by atoms with Gasteiger partial charge in [0.25, 0.3) is 11.6 Å². The molecule has 0 spiro atoms. The van der Waals surface area contributed by atoms with Crippen LogP contribution in [0.1, 0.15) is 34.9 Å². The van der Waals surface area contributed by atoms with Crippen molar-refractivity contribution in [2.75, 3.05) is 13.1 Å². The Bertz CT molecular complexity index is 816. The van der Waals surface area contributed by atoms with Gasteiger partial charge in [-0.3, -0.25) is 14.9 Å². The molecule has 0 aliphatic carbocycles. The minimum absolute atomic E-state index is 0.0364. The lowest BCUT2D eigenvalue weighted by atomic mass is 10.1. The van der Waals surface area contributed by atoms with Gasteiger partial charge >= 0.3 is 5.97 Å². The maximum absolute atomic E-state index is 12.8. The van der Waals surface area contributed by atoms with Gasteiger partial charge in [-0.15, -0.1) is 0 Å². The third-order valence-electron chi connectivity index (χ3n) is 4.26. The molecule has 7 heteroatoms. The molecular weight excluding hydrogens is 336 g/mol. The zero-order valence-corrected chi connectivity index (χ0v) is 14.0. The second kappa shape index (κ2) is 7.77. The van der Waals surface area contributed by atoms with Gasteiger partial charge in [-0.2, -0.15) is 0 Å². The standard InChI is InChI=1S/C19H18N2O5/c22-18(20-11-4-5-12-20)17(14-7-2-1-3-8-14)26-19(23)15-9-6-10-16(13-15)21(24)25/h1-3,6-10,13,17H,4-5,11-12H2/t17-/m1/s1. The molecule has 1 saturated heterocycles. The summed E-state index contributed by atoms with van der Waals surface area (Å²) >= 11 is 0. The summed E-state index contributed by atoms with van der Waals surface area (Å²) < 4.78 is 5.48. The quantitative estimate of drug-likeness (QED) is 0.467. The molecule has 1 heterocycles. The van der Waals surface area contributed by atoms with E-state index in [0.29, 0.717) is 18.7 Å². The largest absolute Gasteiger partial charge is 0.444 e. The highest BCUT2D eigenvalue weighted by atomic mass is 16.6. The summed E-state index contributed by atoms with van der Waals surface area (Å²) in [5.74, 6) is -1.04. The Morgan fingerprint density at radius 1 is 1.04 bits per heavy atom. The smallest absolute Gasteiger partial charge is 0.339 e. The van der Waals surface area contributed by atoms with Gasteiger partial charge in [0.2, 0.25) is 6.10 Å². The fraction of sp³-hybridized carbons (Fsp3) is 0.263. The van der Waals surface area contributed by atoms with Gasteiger partial charge < -0.3 is 9.64 Å². The van der Waals surface area contributed by atoms with Gasteiger partial charge in [0.15, 0.2) is 0 Å². The first kappa shape index (κ1) is 17.6. The van der Waals surface area contributed by atoms with Crippen molar-refractivity contribution < 1.29 is 19.2 Å². The van der Waals surface area contributed by atoms with Crippen LogP contribution in [0.15, 0.2) is 54.6 Å². The van der Waals surface area contributed by atoms with Crippen molar-refractivity contribution in [3.63, 3.8) is 0 Å². The summed E-state index contributed by atoms with van der Waals surface area (Å²) in [5, 5.41) is 10.9. The van der Waals surface area contributed by atoms with Crippen LogP contribution in [0.4, 0.5) is 5.69 Å². The Labute approximate surface area is 150 Å². The third-order valence-corrected chi connectivity index (χ3v) is 4.26. The van der Waals surface area contributed by atoms with E-state index < -0.39 is 17.0 Å². The van der Waals surface area contributed by atoms with Crippen LogP contribution in [0.25, 0.3) is 0 Å². The number of hydrogen-bond acceptors (Lipinski definition) is 5. The number of hydrogen-bond donors (Lipinski definition) is 0. The molecule has 7 nitrogen and oxygen atoms in total. The van der Waals surface area contributed by atoms with Gasteiger partial charge in [-0.25, -0.2) is 4.79 Å². The number of nitro groups is 1. The Balaban J connectivity index is 1.85. The maximum Gasteiger partial charge on any atom is 0.339 e. The molecule has 1 atom stereocenters. The molecule has 1 fully saturated rings. The SMILES string of the molecule is O=C(O[C@@H](C(=O)N1CCCC1)c1ccccc1)c1cccc([N+](=O)[O-])c1. The fourth-order valence-electron chi connectivity index (χ4n) is 2.91. The van der Waals surface area contributed by atoms with Crippen molar-refractivity contribution in [1.82, 2.24) is 4.90 Å². The van der Waals surface area contributed by atoms with Crippen LogP contribution in [-0.2, 0) is 9.53 Å². The van der Waals surface area contributed by atoms with E-state index in [1.807, 2.05) is 6.07 Å². The Morgan fingerprint density at radius 3 is 2.38 bits per heavy atom. The first-order chi connectivity index (χ1) is 12.6. The second-order valence-electron chi connectivity index (χ2n) is 6.04.